The van der Waals surface area contributed by atoms with E-state index in [4.69, 9.17) is 0 Å². The summed E-state index contributed by atoms with van der Waals surface area (Å²) in [6.45, 7) is 0. The molecule has 0 spiro atoms. The molecule has 3 aromatic rings. The maximum atomic E-state index is 11.0. The first-order valence-corrected chi connectivity index (χ1v) is 5.57. The molecule has 4 nitrogen and oxygen atoms in total. The summed E-state index contributed by atoms with van der Waals surface area (Å²) in [4.78, 5) is 10.7. The zero-order chi connectivity index (χ0) is 12.5. The number of benzene rings is 2. The van der Waals surface area contributed by atoms with Gasteiger partial charge in [-0.1, -0.05) is 18.2 Å². The van der Waals surface area contributed by atoms with Crippen molar-refractivity contribution in [1.29, 1.82) is 0 Å². The van der Waals surface area contributed by atoms with Gasteiger partial charge in [0.1, 0.15) is 0 Å². The molecule has 0 saturated carbocycles. The molecule has 4 heteroatoms. The number of hydrogen-bond donors (Lipinski definition) is 0. The third-order valence-electron chi connectivity index (χ3n) is 2.96. The van der Waals surface area contributed by atoms with Crippen molar-refractivity contribution in [2.45, 2.75) is 0 Å². The lowest BCUT2D eigenvalue weighted by molar-refractivity contribution is -0.383. The van der Waals surface area contributed by atoms with E-state index >= 15 is 0 Å². The molecule has 1 aromatic heterocycles. The lowest BCUT2D eigenvalue weighted by Gasteiger charge is -2.08. The van der Waals surface area contributed by atoms with E-state index in [0.29, 0.717) is 5.39 Å². The molecule has 2 aromatic carbocycles. The Kier molecular flexibility index (Phi) is 2.34. The van der Waals surface area contributed by atoms with Gasteiger partial charge in [0.2, 0.25) is 0 Å². The van der Waals surface area contributed by atoms with Crippen molar-refractivity contribution in [2.75, 3.05) is 0 Å². The average molecular weight is 238 g/mol. The Morgan fingerprint density at radius 1 is 0.889 bits per heavy atom. The molecule has 0 atom stereocenters. The van der Waals surface area contributed by atoms with Crippen LogP contribution in [0.5, 0.6) is 0 Å². The van der Waals surface area contributed by atoms with E-state index in [1.54, 1.807) is 18.2 Å². The summed E-state index contributed by atoms with van der Waals surface area (Å²) in [5.74, 6) is 0. The molecule has 3 rings (SSSR count). The Bertz CT molecular complexity index is 718. The zero-order valence-corrected chi connectivity index (χ0v) is 9.48. The predicted molar refractivity (Wildman–Crippen MR) is 69.9 cm³/mol. The second kappa shape index (κ2) is 4.00. The van der Waals surface area contributed by atoms with Crippen molar-refractivity contribution >= 4 is 16.5 Å². The third-order valence-corrected chi connectivity index (χ3v) is 2.96. The molecule has 0 N–H and O–H groups in total. The highest BCUT2D eigenvalue weighted by atomic mass is 16.6. The number of fused-ring (bicyclic) bond motifs is 1. The summed E-state index contributed by atoms with van der Waals surface area (Å²) >= 11 is 0. The van der Waals surface area contributed by atoms with E-state index in [1.165, 1.54) is 0 Å². The van der Waals surface area contributed by atoms with Gasteiger partial charge in [0, 0.05) is 23.8 Å². The molecule has 0 radical (unpaired) electrons. The molecule has 0 aliphatic carbocycles. The third kappa shape index (κ3) is 1.55. The van der Waals surface area contributed by atoms with E-state index in [2.05, 4.69) is 0 Å². The van der Waals surface area contributed by atoms with Crippen molar-refractivity contribution in [3.8, 4) is 5.69 Å². The van der Waals surface area contributed by atoms with Crippen LogP contribution in [0.3, 0.4) is 0 Å². The summed E-state index contributed by atoms with van der Waals surface area (Å²) in [6, 6.07) is 14.6. The summed E-state index contributed by atoms with van der Waals surface area (Å²) < 4.78 is 1.95. The number of non-ortho nitro benzene ring substituents is 1. The summed E-state index contributed by atoms with van der Waals surface area (Å²) in [6.07, 6.45) is 3.85. The van der Waals surface area contributed by atoms with Crippen LogP contribution in [0.4, 0.5) is 5.69 Å². The molecule has 0 aliphatic heterocycles. The van der Waals surface area contributed by atoms with Gasteiger partial charge in [0.15, 0.2) is 0 Å². The normalized spacial score (nSPS) is 10.7. The van der Waals surface area contributed by atoms with Crippen LogP contribution in [-0.4, -0.2) is 9.49 Å². The number of hydrogen-bond acceptors (Lipinski definition) is 2. The number of nitrogens with zero attached hydrogens (tertiary/aromatic N) is 2. The SMILES string of the molecule is O=[N+]([O-])c1ccc(-n2cccc2)c2ccccc12. The number of nitro benzene ring substituents is 1. The van der Waals surface area contributed by atoms with Crippen molar-refractivity contribution in [1.82, 2.24) is 4.57 Å². The Labute approximate surface area is 103 Å². The molecular formula is C14H10N2O2. The monoisotopic (exact) mass is 238 g/mol. The fourth-order valence-electron chi connectivity index (χ4n) is 2.15. The van der Waals surface area contributed by atoms with E-state index in [0.717, 1.165) is 11.1 Å². The van der Waals surface area contributed by atoms with Gasteiger partial charge in [-0.3, -0.25) is 10.1 Å². The standard InChI is InChI=1S/C14H10N2O2/c17-16(18)14-8-7-13(15-9-3-4-10-15)11-5-1-2-6-12(11)14/h1-10H. The van der Waals surface area contributed by atoms with Crippen LogP contribution < -0.4 is 0 Å². The van der Waals surface area contributed by atoms with Crippen molar-refractivity contribution in [3.05, 3.63) is 71.0 Å². The average Bonchev–Trinajstić information content (AvgIpc) is 2.91. The van der Waals surface area contributed by atoms with E-state index in [9.17, 15) is 10.1 Å². The number of aromatic nitrogens is 1. The lowest BCUT2D eigenvalue weighted by atomic mass is 10.1. The van der Waals surface area contributed by atoms with E-state index in [1.807, 2.05) is 47.3 Å². The maximum Gasteiger partial charge on any atom is 0.277 e. The van der Waals surface area contributed by atoms with Gasteiger partial charge in [-0.25, -0.2) is 0 Å². The molecule has 0 amide bonds. The fourth-order valence-corrected chi connectivity index (χ4v) is 2.15. The smallest absolute Gasteiger partial charge is 0.277 e. The van der Waals surface area contributed by atoms with Crippen LogP contribution in [0.15, 0.2) is 60.9 Å². The molecule has 18 heavy (non-hydrogen) atoms. The van der Waals surface area contributed by atoms with E-state index in [-0.39, 0.29) is 10.6 Å². The number of nitro groups is 1. The van der Waals surface area contributed by atoms with Crippen molar-refractivity contribution < 1.29 is 4.92 Å². The minimum absolute atomic E-state index is 0.140. The quantitative estimate of drug-likeness (QED) is 0.506. The predicted octanol–water partition coefficient (Wildman–Crippen LogP) is 3.54. The van der Waals surface area contributed by atoms with Crippen LogP contribution in [0.25, 0.3) is 16.5 Å². The van der Waals surface area contributed by atoms with Crippen molar-refractivity contribution in [2.24, 2.45) is 0 Å². The molecule has 0 fully saturated rings. The minimum Gasteiger partial charge on any atom is -0.323 e. The molecule has 0 bridgehead atoms. The lowest BCUT2D eigenvalue weighted by Crippen LogP contribution is -1.95. The van der Waals surface area contributed by atoms with Crippen LogP contribution in [-0.2, 0) is 0 Å². The summed E-state index contributed by atoms with van der Waals surface area (Å²) in [5, 5.41) is 12.5. The Balaban J connectivity index is 2.37. The van der Waals surface area contributed by atoms with Crippen LogP contribution in [0.2, 0.25) is 0 Å². The van der Waals surface area contributed by atoms with Crippen LogP contribution in [0.1, 0.15) is 0 Å². The minimum atomic E-state index is -0.345. The highest BCUT2D eigenvalue weighted by Crippen LogP contribution is 2.30. The molecule has 0 unspecified atom stereocenters. The van der Waals surface area contributed by atoms with Gasteiger partial charge < -0.3 is 4.57 Å². The van der Waals surface area contributed by atoms with Gasteiger partial charge in [-0.15, -0.1) is 0 Å². The number of rotatable bonds is 2. The molecular weight excluding hydrogens is 228 g/mol. The molecule has 1 heterocycles. The van der Waals surface area contributed by atoms with Crippen LogP contribution in [0, 0.1) is 10.1 Å². The fraction of sp³-hybridized carbons (Fsp3) is 0. The van der Waals surface area contributed by atoms with Gasteiger partial charge >= 0.3 is 0 Å². The van der Waals surface area contributed by atoms with Gasteiger partial charge in [0.25, 0.3) is 5.69 Å². The van der Waals surface area contributed by atoms with E-state index < -0.39 is 0 Å². The second-order valence-corrected chi connectivity index (χ2v) is 4.00. The van der Waals surface area contributed by atoms with Gasteiger partial charge in [0.05, 0.1) is 16.0 Å². The zero-order valence-electron chi connectivity index (χ0n) is 9.48. The highest BCUT2D eigenvalue weighted by Gasteiger charge is 2.13. The largest absolute Gasteiger partial charge is 0.323 e. The van der Waals surface area contributed by atoms with Gasteiger partial charge in [-0.05, 0) is 24.3 Å². The first kappa shape index (κ1) is 10.5. The molecule has 0 aliphatic rings. The van der Waals surface area contributed by atoms with Gasteiger partial charge in [-0.2, -0.15) is 0 Å². The van der Waals surface area contributed by atoms with Crippen LogP contribution >= 0.6 is 0 Å². The first-order chi connectivity index (χ1) is 8.77. The Morgan fingerprint density at radius 3 is 2.22 bits per heavy atom. The van der Waals surface area contributed by atoms with Crippen molar-refractivity contribution in [3.63, 3.8) is 0 Å². The molecule has 88 valence electrons. The Hall–Kier alpha value is -2.62. The highest BCUT2D eigenvalue weighted by molar-refractivity contribution is 5.96. The maximum absolute atomic E-state index is 11.0. The Morgan fingerprint density at radius 2 is 1.56 bits per heavy atom. The summed E-state index contributed by atoms with van der Waals surface area (Å²) in [5.41, 5.74) is 1.09. The summed E-state index contributed by atoms with van der Waals surface area (Å²) in [7, 11) is 0. The molecule has 0 saturated heterocycles. The second-order valence-electron chi connectivity index (χ2n) is 4.00. The topological polar surface area (TPSA) is 48.1 Å². The first-order valence-electron chi connectivity index (χ1n) is 5.57.